The van der Waals surface area contributed by atoms with E-state index in [1.165, 1.54) is 5.56 Å². The van der Waals surface area contributed by atoms with Crippen molar-refractivity contribution in [2.75, 3.05) is 9.80 Å². The van der Waals surface area contributed by atoms with Crippen molar-refractivity contribution in [2.45, 2.75) is 52.4 Å². The standard InChI is InChI=1S/C92H68BN3OS/c1-91(2,3)63-37-27-36-61(50-63)62-46-49-76-73(51-62)93-72-48-47-65(94-74-42-23-19-38-66(74)67-39-20-24-43-75(67)94)54-77(72)96(90-71(58-30-13-8-14-31-58)56-83-87(69-41-22-26-45-82(69)98-83)85(90)60-34-17-10-18-35-60)79-53-64(92(4,5)6)52-78(88(79)93)95(76)89-70(57-28-11-7-12-29-57)55-81-86(68-40-21-25-44-80(68)97-81)84(89)59-32-15-9-16-33-59/h7-56H,1-6H3/i19D,20D,23D,24D,38D,39D,42D,43D. The van der Waals surface area contributed by atoms with E-state index < -0.39 is 48.4 Å². The number of rotatable bonds is 8. The van der Waals surface area contributed by atoms with Crippen molar-refractivity contribution in [3.05, 3.63) is 314 Å². The third-order valence-corrected chi connectivity index (χ3v) is 21.4. The zero-order valence-electron chi connectivity index (χ0n) is 63.0. The van der Waals surface area contributed by atoms with E-state index in [0.29, 0.717) is 5.69 Å². The Hall–Kier alpha value is -11.4. The van der Waals surface area contributed by atoms with Gasteiger partial charge in [-0.25, -0.2) is 0 Å². The maximum absolute atomic E-state index is 9.88. The molecule has 0 aliphatic carbocycles. The van der Waals surface area contributed by atoms with Gasteiger partial charge in [0.25, 0.3) is 6.71 Å². The van der Waals surface area contributed by atoms with Gasteiger partial charge in [0.2, 0.25) is 0 Å². The average Bonchev–Trinajstić information content (AvgIpc) is 1.05. The monoisotopic (exact) mass is 1280 g/mol. The first kappa shape index (κ1) is 50.0. The number of fused-ring (bicyclic) bond motifs is 13. The summed E-state index contributed by atoms with van der Waals surface area (Å²) in [6.45, 7) is 13.1. The van der Waals surface area contributed by atoms with E-state index in [1.54, 1.807) is 15.9 Å². The first-order valence-corrected chi connectivity index (χ1v) is 34.4. The SMILES string of the molecule is [2H]c1c([2H])c([2H])c2c(c1[2H])c1c([2H])c([2H])c([2H])c([2H])c1n2-c1ccc2c(c1)N(c1c(-c3ccccc3)cc3sc4ccccc4c3c1-c1ccccc1)c1cc(C(C)(C)C)cc3c1B2c1cc(-c2cccc(C(C)(C)C)c2)ccc1N3c1c(-c2ccccc2)cc2oc3ccccc3c2c1-c1ccccc1. The molecule has 19 rings (SSSR count). The summed E-state index contributed by atoms with van der Waals surface area (Å²) in [5.41, 5.74) is 22.2. The van der Waals surface area contributed by atoms with Gasteiger partial charge in [0.05, 0.1) is 33.4 Å². The molecular weight excluding hydrogens is 1210 g/mol. The van der Waals surface area contributed by atoms with Crippen LogP contribution in [-0.4, -0.2) is 11.3 Å². The van der Waals surface area contributed by atoms with Gasteiger partial charge in [-0.1, -0.05) is 278 Å². The molecule has 0 N–H and O–H groups in total. The normalized spacial score (nSPS) is 14.1. The zero-order chi connectivity index (χ0) is 72.7. The Bertz CT molecular complexity index is 6520. The fourth-order valence-electron chi connectivity index (χ4n) is 15.7. The summed E-state index contributed by atoms with van der Waals surface area (Å²) in [6.07, 6.45) is 0. The van der Waals surface area contributed by atoms with Crippen LogP contribution in [0.1, 0.15) is 63.6 Å². The van der Waals surface area contributed by atoms with Crippen molar-refractivity contribution >= 4 is 132 Å². The zero-order valence-corrected chi connectivity index (χ0v) is 55.8. The number of nitrogens with zero attached hydrogens (tertiary/aromatic N) is 3. The lowest BCUT2D eigenvalue weighted by molar-refractivity contribution is 0.590. The first-order chi connectivity index (χ1) is 51.2. The van der Waals surface area contributed by atoms with Gasteiger partial charge >= 0.3 is 0 Å². The third kappa shape index (κ3) is 8.97. The number of thiophene rings is 1. The van der Waals surface area contributed by atoms with Crippen LogP contribution in [0.5, 0.6) is 0 Å². The Balaban J connectivity index is 1.04. The molecule has 0 bridgehead atoms. The van der Waals surface area contributed by atoms with Crippen molar-refractivity contribution in [1.82, 2.24) is 4.57 Å². The molecule has 98 heavy (non-hydrogen) atoms. The highest BCUT2D eigenvalue weighted by Gasteiger charge is 2.47. The molecule has 0 atom stereocenters. The summed E-state index contributed by atoms with van der Waals surface area (Å²) in [5.74, 6) is 0. The van der Waals surface area contributed by atoms with Crippen LogP contribution in [0.2, 0.25) is 0 Å². The van der Waals surface area contributed by atoms with Gasteiger partial charge in [-0.15, -0.1) is 11.3 Å². The first-order valence-electron chi connectivity index (χ1n) is 37.6. The molecular formula is C92H68BN3OS. The largest absolute Gasteiger partial charge is 0.456 e. The lowest BCUT2D eigenvalue weighted by atomic mass is 9.33. The lowest BCUT2D eigenvalue weighted by Crippen LogP contribution is -2.61. The highest BCUT2D eigenvalue weighted by atomic mass is 32.1. The van der Waals surface area contributed by atoms with Crippen LogP contribution >= 0.6 is 11.3 Å². The molecule has 2 aliphatic rings. The van der Waals surface area contributed by atoms with E-state index in [4.69, 9.17) is 7.16 Å². The molecule has 17 aromatic rings. The number of hydrogen-bond donors (Lipinski definition) is 0. The predicted molar refractivity (Wildman–Crippen MR) is 420 cm³/mol. The van der Waals surface area contributed by atoms with E-state index in [-0.39, 0.29) is 39.3 Å². The topological polar surface area (TPSA) is 24.6 Å². The van der Waals surface area contributed by atoms with Crippen molar-refractivity contribution < 1.29 is 15.4 Å². The molecule has 4 nitrogen and oxygen atoms in total. The van der Waals surface area contributed by atoms with Gasteiger partial charge in [-0.2, -0.15) is 0 Å². The number of anilines is 6. The number of hydrogen-bond acceptors (Lipinski definition) is 4. The molecule has 5 heterocycles. The highest BCUT2D eigenvalue weighted by Crippen LogP contribution is 2.58. The Morgan fingerprint density at radius 3 is 1.53 bits per heavy atom. The van der Waals surface area contributed by atoms with E-state index in [0.717, 1.165) is 154 Å². The van der Waals surface area contributed by atoms with E-state index in [1.807, 2.05) is 12.1 Å². The van der Waals surface area contributed by atoms with Gasteiger partial charge in [0.1, 0.15) is 11.2 Å². The molecule has 0 amide bonds. The molecule has 6 heteroatoms. The Morgan fingerprint density at radius 2 is 0.898 bits per heavy atom. The average molecular weight is 1280 g/mol. The van der Waals surface area contributed by atoms with Gasteiger partial charge in [0.15, 0.2) is 0 Å². The van der Waals surface area contributed by atoms with Gasteiger partial charge in [-0.05, 0) is 138 Å². The number of para-hydroxylation sites is 3. The van der Waals surface area contributed by atoms with Crippen LogP contribution in [0.25, 0.3) is 125 Å². The lowest BCUT2D eigenvalue weighted by Gasteiger charge is -2.46. The van der Waals surface area contributed by atoms with Crippen LogP contribution in [0, 0.1) is 0 Å². The number of aromatic nitrogens is 1. The quantitative estimate of drug-likeness (QED) is 0.142. The molecule has 0 saturated carbocycles. The van der Waals surface area contributed by atoms with Gasteiger partial charge in [0, 0.05) is 92.4 Å². The third-order valence-electron chi connectivity index (χ3n) is 20.3. The van der Waals surface area contributed by atoms with Crippen molar-refractivity contribution in [3.63, 3.8) is 0 Å². The molecule has 0 fully saturated rings. The maximum Gasteiger partial charge on any atom is 0.252 e. The molecule has 466 valence electrons. The van der Waals surface area contributed by atoms with E-state index in [9.17, 15) is 8.22 Å². The number of furan rings is 1. The summed E-state index contributed by atoms with van der Waals surface area (Å²) < 4.78 is 86.8. The summed E-state index contributed by atoms with van der Waals surface area (Å²) in [4.78, 5) is 5.06. The van der Waals surface area contributed by atoms with Crippen molar-refractivity contribution in [2.24, 2.45) is 0 Å². The van der Waals surface area contributed by atoms with Gasteiger partial charge in [-0.3, -0.25) is 0 Å². The van der Waals surface area contributed by atoms with Crippen molar-refractivity contribution in [3.8, 4) is 61.3 Å². The Kier molecular flexibility index (Phi) is 11.3. The maximum atomic E-state index is 9.88. The minimum absolute atomic E-state index is 0.00982. The molecule has 0 saturated heterocycles. The number of benzene rings is 14. The molecule has 0 unspecified atom stereocenters. The fourth-order valence-corrected chi connectivity index (χ4v) is 16.9. The van der Waals surface area contributed by atoms with Crippen LogP contribution < -0.4 is 26.2 Å². The fraction of sp³-hybridized carbons (Fsp3) is 0.0870. The molecule has 0 radical (unpaired) electrons. The smallest absolute Gasteiger partial charge is 0.252 e. The summed E-state index contributed by atoms with van der Waals surface area (Å²) >= 11 is 1.77. The Morgan fingerprint density at radius 1 is 0.367 bits per heavy atom. The van der Waals surface area contributed by atoms with Gasteiger partial charge < -0.3 is 18.8 Å². The summed E-state index contributed by atoms with van der Waals surface area (Å²) in [6, 6.07) is 88.0. The second kappa shape index (κ2) is 22.1. The molecule has 3 aromatic heterocycles. The molecule has 14 aromatic carbocycles. The minimum Gasteiger partial charge on any atom is -0.456 e. The van der Waals surface area contributed by atoms with Crippen molar-refractivity contribution in [1.29, 1.82) is 0 Å². The van der Waals surface area contributed by atoms with E-state index in [2.05, 4.69) is 294 Å². The summed E-state index contributed by atoms with van der Waals surface area (Å²) in [7, 11) is 0. The second-order valence-corrected chi connectivity index (χ2v) is 29.2. The highest BCUT2D eigenvalue weighted by molar-refractivity contribution is 7.26. The molecule has 0 spiro atoms. The van der Waals surface area contributed by atoms with Crippen LogP contribution in [0.15, 0.2) is 308 Å². The van der Waals surface area contributed by atoms with Crippen LogP contribution in [0.4, 0.5) is 34.1 Å². The molecule has 2 aliphatic heterocycles. The van der Waals surface area contributed by atoms with Crippen LogP contribution in [-0.2, 0) is 10.8 Å². The second-order valence-electron chi connectivity index (χ2n) is 28.1. The van der Waals surface area contributed by atoms with E-state index >= 15 is 0 Å². The Labute approximate surface area is 586 Å². The van der Waals surface area contributed by atoms with Crippen LogP contribution in [0.3, 0.4) is 0 Å². The minimum atomic E-state index is -0.519. The predicted octanol–water partition coefficient (Wildman–Crippen LogP) is 24.1. The summed E-state index contributed by atoms with van der Waals surface area (Å²) in [5, 5.41) is 4.21.